The second-order valence-corrected chi connectivity index (χ2v) is 27.3. The van der Waals surface area contributed by atoms with Gasteiger partial charge >= 0.3 is 39.5 Å². The lowest BCUT2D eigenvalue weighted by molar-refractivity contribution is -0.161. The van der Waals surface area contributed by atoms with Gasteiger partial charge < -0.3 is 33.8 Å². The van der Waals surface area contributed by atoms with E-state index in [4.69, 9.17) is 37.0 Å². The Balaban J connectivity index is 5.47. The predicted octanol–water partition coefficient (Wildman–Crippen LogP) is 21.7. The number of phosphoric ester groups is 2. The molecule has 0 saturated carbocycles. The van der Waals surface area contributed by atoms with Crippen molar-refractivity contribution in [1.82, 2.24) is 0 Å². The summed E-state index contributed by atoms with van der Waals surface area (Å²) in [5, 5.41) is 10.6. The monoisotopic (exact) mass is 1440 g/mol. The van der Waals surface area contributed by atoms with Gasteiger partial charge in [0.1, 0.15) is 19.3 Å². The highest BCUT2D eigenvalue weighted by Gasteiger charge is 2.30. The largest absolute Gasteiger partial charge is 0.472 e. The smallest absolute Gasteiger partial charge is 0.462 e. The Hall–Kier alpha value is -5.32. The van der Waals surface area contributed by atoms with Crippen LogP contribution < -0.4 is 0 Å². The van der Waals surface area contributed by atoms with Crippen LogP contribution in [0.5, 0.6) is 0 Å². The molecule has 0 aliphatic carbocycles. The van der Waals surface area contributed by atoms with E-state index in [1.807, 2.05) is 12.2 Å². The third-order valence-electron chi connectivity index (χ3n) is 15.0. The fourth-order valence-corrected chi connectivity index (χ4v) is 10.9. The quantitative estimate of drug-likeness (QED) is 0.0169. The Morgan fingerprint density at radius 2 is 0.530 bits per heavy atom. The first-order valence-electron chi connectivity index (χ1n) is 37.7. The molecular weight excluding hydrogens is 1310 g/mol. The second-order valence-electron chi connectivity index (χ2n) is 24.4. The molecule has 5 atom stereocenters. The van der Waals surface area contributed by atoms with Gasteiger partial charge in [-0.2, -0.15) is 0 Å². The molecule has 0 aromatic rings. The molecule has 19 heteroatoms. The van der Waals surface area contributed by atoms with Gasteiger partial charge in [0.25, 0.3) is 0 Å². The first-order valence-corrected chi connectivity index (χ1v) is 40.7. The number of esters is 4. The van der Waals surface area contributed by atoms with E-state index in [1.54, 1.807) is 0 Å². The summed E-state index contributed by atoms with van der Waals surface area (Å²) in [6.07, 6.45) is 82.5. The lowest BCUT2D eigenvalue weighted by atomic mass is 10.1. The average Bonchev–Trinajstić information content (AvgIpc) is 1.06. The standard InChI is InChI=1S/C81H132O17P2/c1-5-9-13-17-21-25-29-33-36-37-40-43-46-50-54-58-62-66-79(84)92-72-77(98-81(86)68-64-60-56-52-48-44-39-35-31-27-23-19-15-11-7-3)74-96-100(89,90)94-70-75(82)69-93-99(87,88)95-73-76(97-80(85)67-63-59-55-51-47-41-32-28-24-20-16-12-8-4)71-91-78(83)65-61-57-53-49-45-42-38-34-30-26-22-18-14-10-6-2/h9-11,13-15,21-23,25-28,32-36,38-40,43,48,50,52,54,75-77,82H,5-8,12,16-20,24,29-31,37,41-42,44-47,49,51,53,55-74H2,1-4H3,(H,87,88)(H,89,90)/b13-9-,14-10-,15-11-,25-21-,26-22-,27-23-,32-28-,36-33-,38-34-,39-35-,43-40-,52-48-,54-50-. The minimum atomic E-state index is -5.01. The predicted molar refractivity (Wildman–Crippen MR) is 408 cm³/mol. The van der Waals surface area contributed by atoms with Crippen molar-refractivity contribution in [1.29, 1.82) is 0 Å². The van der Waals surface area contributed by atoms with Crippen LogP contribution in [-0.2, 0) is 65.4 Å². The lowest BCUT2D eigenvalue weighted by Gasteiger charge is -2.21. The SMILES string of the molecule is CC/C=C\C/C=C\C/C=C\C/C=C\C/C=C\CCCC(=O)OCC(COP(=O)(O)OCC(O)COP(=O)(O)OCC(COC(=O)CCCCCCC/C=C\C/C=C\C/C=C\CC)OC(=O)CCCCCCC/C=C\CCCCCC)OC(=O)CCCC/C=C\C/C=C\C/C=C\C/C=C\CC. The zero-order valence-corrected chi connectivity index (χ0v) is 63.6. The molecule has 0 saturated heterocycles. The van der Waals surface area contributed by atoms with Gasteiger partial charge in [0.15, 0.2) is 12.2 Å². The van der Waals surface area contributed by atoms with E-state index < -0.39 is 97.5 Å². The lowest BCUT2D eigenvalue weighted by Crippen LogP contribution is -2.30. The van der Waals surface area contributed by atoms with E-state index in [-0.39, 0.29) is 25.7 Å². The van der Waals surface area contributed by atoms with Crippen LogP contribution in [-0.4, -0.2) is 96.7 Å². The highest BCUT2D eigenvalue weighted by molar-refractivity contribution is 7.47. The van der Waals surface area contributed by atoms with Crippen LogP contribution in [0.4, 0.5) is 0 Å². The molecular formula is C81H132O17P2. The number of carbonyl (C=O) groups is 4. The van der Waals surface area contributed by atoms with E-state index >= 15 is 0 Å². The number of aliphatic hydroxyl groups is 1. The van der Waals surface area contributed by atoms with Crippen molar-refractivity contribution < 1.29 is 80.2 Å². The van der Waals surface area contributed by atoms with Crippen LogP contribution >= 0.6 is 15.6 Å². The van der Waals surface area contributed by atoms with Gasteiger partial charge in [-0.15, -0.1) is 0 Å². The maximum absolute atomic E-state index is 13.1. The zero-order valence-electron chi connectivity index (χ0n) is 61.8. The van der Waals surface area contributed by atoms with Crippen molar-refractivity contribution in [3.8, 4) is 0 Å². The topological polar surface area (TPSA) is 237 Å². The van der Waals surface area contributed by atoms with Gasteiger partial charge in [0.05, 0.1) is 26.4 Å². The third-order valence-corrected chi connectivity index (χ3v) is 16.9. The van der Waals surface area contributed by atoms with Crippen LogP contribution in [0.1, 0.15) is 272 Å². The molecule has 3 N–H and O–H groups in total. The number of unbranched alkanes of at least 4 members (excludes halogenated alkanes) is 17. The number of aliphatic hydroxyl groups excluding tert-OH is 1. The van der Waals surface area contributed by atoms with Gasteiger partial charge in [0, 0.05) is 25.7 Å². The van der Waals surface area contributed by atoms with E-state index in [0.29, 0.717) is 38.5 Å². The van der Waals surface area contributed by atoms with Crippen molar-refractivity contribution in [3.63, 3.8) is 0 Å². The van der Waals surface area contributed by atoms with Crippen LogP contribution in [0, 0.1) is 0 Å². The number of ether oxygens (including phenoxy) is 4. The number of hydrogen-bond acceptors (Lipinski definition) is 15. The molecule has 5 unspecified atom stereocenters. The summed E-state index contributed by atoms with van der Waals surface area (Å²) in [5.74, 6) is -2.33. The van der Waals surface area contributed by atoms with Gasteiger partial charge in [-0.05, 0) is 161 Å². The van der Waals surface area contributed by atoms with Crippen molar-refractivity contribution in [2.75, 3.05) is 39.6 Å². The minimum Gasteiger partial charge on any atom is -0.462 e. The van der Waals surface area contributed by atoms with Crippen molar-refractivity contribution in [2.45, 2.75) is 290 Å². The maximum Gasteiger partial charge on any atom is 0.472 e. The van der Waals surface area contributed by atoms with Gasteiger partial charge in [-0.1, -0.05) is 243 Å². The zero-order chi connectivity index (χ0) is 73.2. The van der Waals surface area contributed by atoms with Crippen molar-refractivity contribution in [3.05, 3.63) is 158 Å². The van der Waals surface area contributed by atoms with Crippen LogP contribution in [0.25, 0.3) is 0 Å². The first kappa shape index (κ1) is 94.7. The number of rotatable bonds is 69. The molecule has 17 nitrogen and oxygen atoms in total. The molecule has 0 radical (unpaired) electrons. The van der Waals surface area contributed by atoms with Crippen LogP contribution in [0.2, 0.25) is 0 Å². The molecule has 0 amide bonds. The molecule has 0 aliphatic rings. The fraction of sp³-hybridized carbons (Fsp3) is 0.630. The van der Waals surface area contributed by atoms with E-state index in [9.17, 15) is 43.2 Å². The Bertz CT molecular complexity index is 2520. The Kier molecular flexibility index (Phi) is 68.2. The molecule has 0 heterocycles. The first-order chi connectivity index (χ1) is 48.7. The third kappa shape index (κ3) is 71.1. The highest BCUT2D eigenvalue weighted by atomic mass is 31.2. The van der Waals surface area contributed by atoms with Gasteiger partial charge in [0.2, 0.25) is 0 Å². The minimum absolute atomic E-state index is 0.0246. The molecule has 0 spiro atoms. The summed E-state index contributed by atoms with van der Waals surface area (Å²) in [6, 6.07) is 0. The second kappa shape index (κ2) is 72.0. The fourth-order valence-electron chi connectivity index (χ4n) is 9.31. The molecule has 100 heavy (non-hydrogen) atoms. The number of allylic oxidation sites excluding steroid dienone is 26. The maximum atomic E-state index is 13.1. The summed E-state index contributed by atoms with van der Waals surface area (Å²) in [5.41, 5.74) is 0. The molecule has 0 bridgehead atoms. The van der Waals surface area contributed by atoms with Crippen LogP contribution in [0.3, 0.4) is 0 Å². The van der Waals surface area contributed by atoms with E-state index in [2.05, 4.69) is 174 Å². The summed E-state index contributed by atoms with van der Waals surface area (Å²) in [4.78, 5) is 72.8. The normalized spacial score (nSPS) is 14.8. The molecule has 0 fully saturated rings. The summed E-state index contributed by atoms with van der Waals surface area (Å²) >= 11 is 0. The number of carbonyl (C=O) groups excluding carboxylic acids is 4. The molecule has 568 valence electrons. The summed E-state index contributed by atoms with van der Waals surface area (Å²) < 4.78 is 68.3. The van der Waals surface area contributed by atoms with Gasteiger partial charge in [-0.3, -0.25) is 37.3 Å². The highest BCUT2D eigenvalue weighted by Crippen LogP contribution is 2.45. The summed E-state index contributed by atoms with van der Waals surface area (Å²) in [6.45, 7) is 4.35. The van der Waals surface area contributed by atoms with Crippen molar-refractivity contribution >= 4 is 39.5 Å². The van der Waals surface area contributed by atoms with Crippen molar-refractivity contribution in [2.24, 2.45) is 0 Å². The Morgan fingerprint density at radius 3 is 0.870 bits per heavy atom. The molecule has 0 aliphatic heterocycles. The average molecular weight is 1440 g/mol. The van der Waals surface area contributed by atoms with Crippen LogP contribution in [0.15, 0.2) is 158 Å². The Labute approximate surface area is 604 Å². The van der Waals surface area contributed by atoms with E-state index in [1.165, 1.54) is 25.7 Å². The molecule has 0 aromatic carbocycles. The van der Waals surface area contributed by atoms with Gasteiger partial charge in [-0.25, -0.2) is 9.13 Å². The van der Waals surface area contributed by atoms with E-state index in [0.717, 1.165) is 154 Å². The Morgan fingerprint density at radius 1 is 0.290 bits per heavy atom. The molecule has 0 rings (SSSR count). The number of hydrogen-bond donors (Lipinski definition) is 3. The number of phosphoric acid groups is 2. The molecule has 0 aromatic heterocycles. The summed E-state index contributed by atoms with van der Waals surface area (Å²) in [7, 11) is -10.00.